The van der Waals surface area contributed by atoms with Crippen molar-refractivity contribution in [1.82, 2.24) is 0 Å². The van der Waals surface area contributed by atoms with Gasteiger partial charge >= 0.3 is 12.1 Å². The number of carbonyl (C=O) groups excluding carboxylic acids is 1. The Bertz CT molecular complexity index is 679. The Labute approximate surface area is 115 Å². The number of benzene rings is 2. The molecule has 0 spiro atoms. The van der Waals surface area contributed by atoms with Crippen molar-refractivity contribution in [3.63, 3.8) is 0 Å². The van der Waals surface area contributed by atoms with E-state index in [9.17, 15) is 26.7 Å². The number of carbonyl (C=O) groups is 1. The molecule has 0 atom stereocenters. The minimum Gasteiger partial charge on any atom is -0.423 e. The molecule has 0 radical (unpaired) electrons. The van der Waals surface area contributed by atoms with Gasteiger partial charge in [0.1, 0.15) is 17.4 Å². The van der Waals surface area contributed by atoms with Crippen molar-refractivity contribution >= 4 is 5.97 Å². The molecule has 0 amide bonds. The van der Waals surface area contributed by atoms with Crippen molar-refractivity contribution in [3.8, 4) is 5.75 Å². The SMILES string of the molecule is O=C(Oc1cccc(F)c1)c1ccc(F)cc1C(F)(F)F. The first-order valence-electron chi connectivity index (χ1n) is 5.62. The number of hydrogen-bond acceptors (Lipinski definition) is 2. The summed E-state index contributed by atoms with van der Waals surface area (Å²) in [7, 11) is 0. The fourth-order valence-electron chi connectivity index (χ4n) is 1.62. The van der Waals surface area contributed by atoms with Crippen molar-refractivity contribution in [2.75, 3.05) is 0 Å². The van der Waals surface area contributed by atoms with E-state index in [1.54, 1.807) is 0 Å². The average molecular weight is 302 g/mol. The molecule has 21 heavy (non-hydrogen) atoms. The molecule has 110 valence electrons. The van der Waals surface area contributed by atoms with Crippen molar-refractivity contribution in [2.24, 2.45) is 0 Å². The van der Waals surface area contributed by atoms with E-state index in [1.165, 1.54) is 12.1 Å². The Morgan fingerprint density at radius 2 is 1.62 bits per heavy atom. The van der Waals surface area contributed by atoms with Gasteiger partial charge in [0.2, 0.25) is 0 Å². The summed E-state index contributed by atoms with van der Waals surface area (Å²) in [6.07, 6.45) is -4.92. The molecule has 7 heteroatoms. The Kier molecular flexibility index (Phi) is 3.93. The van der Waals surface area contributed by atoms with Gasteiger partial charge in [0.15, 0.2) is 0 Å². The third kappa shape index (κ3) is 3.56. The van der Waals surface area contributed by atoms with Gasteiger partial charge in [-0.25, -0.2) is 13.6 Å². The summed E-state index contributed by atoms with van der Waals surface area (Å²) in [4.78, 5) is 11.7. The standard InChI is InChI=1S/C14H7F5O2/c15-8-2-1-3-10(6-8)21-13(20)11-5-4-9(16)7-12(11)14(17,18)19/h1-7H. The van der Waals surface area contributed by atoms with Crippen LogP contribution in [0.1, 0.15) is 15.9 Å². The van der Waals surface area contributed by atoms with Gasteiger partial charge in [0.25, 0.3) is 0 Å². The van der Waals surface area contributed by atoms with Gasteiger partial charge in [-0.3, -0.25) is 0 Å². The largest absolute Gasteiger partial charge is 0.423 e. The van der Waals surface area contributed by atoms with Crippen molar-refractivity contribution in [2.45, 2.75) is 6.18 Å². The van der Waals surface area contributed by atoms with Gasteiger partial charge < -0.3 is 4.74 Å². The van der Waals surface area contributed by atoms with E-state index < -0.39 is 34.9 Å². The summed E-state index contributed by atoms with van der Waals surface area (Å²) in [5, 5.41) is 0. The molecule has 0 fully saturated rings. The fourth-order valence-corrected chi connectivity index (χ4v) is 1.62. The Morgan fingerprint density at radius 1 is 0.952 bits per heavy atom. The van der Waals surface area contributed by atoms with Crippen LogP contribution in [0.25, 0.3) is 0 Å². The van der Waals surface area contributed by atoms with E-state index in [0.717, 1.165) is 12.1 Å². The van der Waals surface area contributed by atoms with Crippen molar-refractivity contribution < 1.29 is 31.5 Å². The molecule has 2 aromatic carbocycles. The number of hydrogen-bond donors (Lipinski definition) is 0. The van der Waals surface area contributed by atoms with Crippen molar-refractivity contribution in [3.05, 3.63) is 65.2 Å². The van der Waals surface area contributed by atoms with Crippen molar-refractivity contribution in [1.29, 1.82) is 0 Å². The fraction of sp³-hybridized carbons (Fsp3) is 0.0714. The zero-order chi connectivity index (χ0) is 15.6. The first kappa shape index (κ1) is 15.0. The molecule has 0 saturated carbocycles. The lowest BCUT2D eigenvalue weighted by Gasteiger charge is -2.12. The molecular formula is C14H7F5O2. The number of ether oxygens (including phenoxy) is 1. The van der Waals surface area contributed by atoms with Gasteiger partial charge in [0.05, 0.1) is 11.1 Å². The molecule has 0 heterocycles. The highest BCUT2D eigenvalue weighted by Gasteiger charge is 2.36. The minimum absolute atomic E-state index is 0.197. The molecule has 0 saturated heterocycles. The Balaban J connectivity index is 2.35. The molecule has 0 aliphatic rings. The monoisotopic (exact) mass is 302 g/mol. The smallest absolute Gasteiger partial charge is 0.417 e. The van der Waals surface area contributed by atoms with Crippen LogP contribution < -0.4 is 4.74 Å². The van der Waals surface area contributed by atoms with Crippen LogP contribution in [0.2, 0.25) is 0 Å². The topological polar surface area (TPSA) is 26.3 Å². The lowest BCUT2D eigenvalue weighted by molar-refractivity contribution is -0.138. The van der Waals surface area contributed by atoms with Crippen LogP contribution >= 0.6 is 0 Å². The molecular weight excluding hydrogens is 295 g/mol. The predicted octanol–water partition coefficient (Wildman–Crippen LogP) is 4.20. The number of rotatable bonds is 2. The van der Waals surface area contributed by atoms with Gasteiger partial charge in [-0.1, -0.05) is 6.07 Å². The highest BCUT2D eigenvalue weighted by molar-refractivity contribution is 5.92. The zero-order valence-corrected chi connectivity index (χ0v) is 10.2. The molecule has 0 bridgehead atoms. The van der Waals surface area contributed by atoms with Gasteiger partial charge in [-0.2, -0.15) is 13.2 Å². The summed E-state index contributed by atoms with van der Waals surface area (Å²) in [5.41, 5.74) is -2.31. The molecule has 0 aliphatic carbocycles. The van der Waals surface area contributed by atoms with Crippen LogP contribution in [0.3, 0.4) is 0 Å². The highest BCUT2D eigenvalue weighted by atomic mass is 19.4. The van der Waals surface area contributed by atoms with Crippen LogP contribution in [-0.2, 0) is 6.18 Å². The van der Waals surface area contributed by atoms with Crippen LogP contribution in [-0.4, -0.2) is 5.97 Å². The normalized spacial score (nSPS) is 11.3. The van der Waals surface area contributed by atoms with E-state index >= 15 is 0 Å². The molecule has 2 rings (SSSR count). The van der Waals surface area contributed by atoms with Crippen LogP contribution in [0.4, 0.5) is 22.0 Å². The molecule has 0 aliphatic heterocycles. The third-order valence-corrected chi connectivity index (χ3v) is 2.51. The quantitative estimate of drug-likeness (QED) is 0.472. The number of esters is 1. The predicted molar refractivity (Wildman–Crippen MR) is 62.8 cm³/mol. The van der Waals surface area contributed by atoms with Gasteiger partial charge in [0, 0.05) is 6.07 Å². The second kappa shape index (κ2) is 5.51. The second-order valence-corrected chi connectivity index (χ2v) is 4.03. The van der Waals surface area contributed by atoms with E-state index in [-0.39, 0.29) is 11.8 Å². The zero-order valence-electron chi connectivity index (χ0n) is 10.2. The molecule has 2 nitrogen and oxygen atoms in total. The molecule has 0 aromatic heterocycles. The van der Waals surface area contributed by atoms with Crippen LogP contribution in [0.5, 0.6) is 5.75 Å². The summed E-state index contributed by atoms with van der Waals surface area (Å²) in [6, 6.07) is 5.93. The average Bonchev–Trinajstić information content (AvgIpc) is 2.37. The first-order chi connectivity index (χ1) is 9.77. The van der Waals surface area contributed by atoms with E-state index in [2.05, 4.69) is 4.74 Å². The maximum absolute atomic E-state index is 12.9. The lowest BCUT2D eigenvalue weighted by Crippen LogP contribution is -2.17. The third-order valence-electron chi connectivity index (χ3n) is 2.51. The van der Waals surface area contributed by atoms with Gasteiger partial charge in [-0.15, -0.1) is 0 Å². The highest BCUT2D eigenvalue weighted by Crippen LogP contribution is 2.33. The maximum atomic E-state index is 12.9. The Hall–Kier alpha value is -2.44. The number of alkyl halides is 3. The lowest BCUT2D eigenvalue weighted by atomic mass is 10.1. The van der Waals surface area contributed by atoms with E-state index in [0.29, 0.717) is 12.1 Å². The summed E-state index contributed by atoms with van der Waals surface area (Å²) in [6.45, 7) is 0. The Morgan fingerprint density at radius 3 is 2.24 bits per heavy atom. The molecule has 0 unspecified atom stereocenters. The minimum atomic E-state index is -4.92. The number of halogens is 5. The maximum Gasteiger partial charge on any atom is 0.417 e. The molecule has 0 N–H and O–H groups in total. The van der Waals surface area contributed by atoms with Crippen LogP contribution in [0.15, 0.2) is 42.5 Å². The molecule has 2 aromatic rings. The summed E-state index contributed by atoms with van der Waals surface area (Å²) in [5.74, 6) is -3.45. The summed E-state index contributed by atoms with van der Waals surface area (Å²) >= 11 is 0. The van der Waals surface area contributed by atoms with Gasteiger partial charge in [-0.05, 0) is 30.3 Å². The summed E-state index contributed by atoms with van der Waals surface area (Å²) < 4.78 is 68.8. The first-order valence-corrected chi connectivity index (χ1v) is 5.62. The van der Waals surface area contributed by atoms with E-state index in [1.807, 2.05) is 0 Å². The second-order valence-electron chi connectivity index (χ2n) is 4.03. The van der Waals surface area contributed by atoms with E-state index in [4.69, 9.17) is 0 Å². The van der Waals surface area contributed by atoms with Crippen LogP contribution in [0, 0.1) is 11.6 Å².